The molecular formula is C19H31N5O2. The summed E-state index contributed by atoms with van der Waals surface area (Å²) in [6.07, 6.45) is 6.03. The van der Waals surface area contributed by atoms with Gasteiger partial charge >= 0.3 is 6.09 Å². The van der Waals surface area contributed by atoms with Crippen LogP contribution in [0.4, 0.5) is 16.6 Å². The number of hydrogen-bond acceptors (Lipinski definition) is 6. The number of aromatic nitrogens is 2. The summed E-state index contributed by atoms with van der Waals surface area (Å²) in [4.78, 5) is 24.6. The number of likely N-dealkylation sites (tertiary alicyclic amines) is 1. The predicted molar refractivity (Wildman–Crippen MR) is 102 cm³/mol. The van der Waals surface area contributed by atoms with Crippen LogP contribution in [-0.2, 0) is 4.74 Å². The molecule has 2 N–H and O–H groups in total. The van der Waals surface area contributed by atoms with Crippen molar-refractivity contribution in [3.63, 3.8) is 0 Å². The summed E-state index contributed by atoms with van der Waals surface area (Å²) in [6.45, 7) is 9.37. The van der Waals surface area contributed by atoms with Gasteiger partial charge in [0.15, 0.2) is 0 Å². The summed E-state index contributed by atoms with van der Waals surface area (Å²) in [5, 5.41) is 0. The van der Waals surface area contributed by atoms with Crippen LogP contribution in [0.25, 0.3) is 0 Å². The summed E-state index contributed by atoms with van der Waals surface area (Å²) in [6, 6.07) is 1.93. The molecule has 0 saturated carbocycles. The molecule has 1 aromatic rings. The van der Waals surface area contributed by atoms with E-state index in [1.165, 1.54) is 12.8 Å². The Labute approximate surface area is 155 Å². The molecule has 26 heavy (non-hydrogen) atoms. The molecule has 2 fully saturated rings. The number of anilines is 2. The Kier molecular flexibility index (Phi) is 5.53. The van der Waals surface area contributed by atoms with Crippen molar-refractivity contribution in [2.75, 3.05) is 36.8 Å². The quantitative estimate of drug-likeness (QED) is 0.872. The number of nitrogen functional groups attached to an aromatic ring is 1. The lowest BCUT2D eigenvalue weighted by Crippen LogP contribution is -2.44. The Hall–Kier alpha value is -2.05. The van der Waals surface area contributed by atoms with Crippen LogP contribution in [0.3, 0.4) is 0 Å². The molecule has 7 nitrogen and oxygen atoms in total. The summed E-state index contributed by atoms with van der Waals surface area (Å²) >= 11 is 0. The van der Waals surface area contributed by atoms with E-state index in [-0.39, 0.29) is 6.09 Å². The lowest BCUT2D eigenvalue weighted by atomic mass is 9.79. The van der Waals surface area contributed by atoms with E-state index in [2.05, 4.69) is 14.9 Å². The first kappa shape index (κ1) is 18.7. The highest BCUT2D eigenvalue weighted by Gasteiger charge is 2.32. The lowest BCUT2D eigenvalue weighted by molar-refractivity contribution is 0.0152. The molecule has 1 aromatic heterocycles. The van der Waals surface area contributed by atoms with Gasteiger partial charge in [-0.15, -0.1) is 0 Å². The number of rotatable bonds is 2. The fourth-order valence-corrected chi connectivity index (χ4v) is 4.02. The number of ether oxygens (including phenoxy) is 1. The van der Waals surface area contributed by atoms with Gasteiger partial charge in [-0.2, -0.15) is 4.98 Å². The van der Waals surface area contributed by atoms with Crippen LogP contribution in [0.15, 0.2) is 12.3 Å². The Balaban J connectivity index is 1.46. The maximum absolute atomic E-state index is 12.2. The minimum absolute atomic E-state index is 0.174. The second kappa shape index (κ2) is 7.68. The molecule has 3 heterocycles. The van der Waals surface area contributed by atoms with Crippen molar-refractivity contribution < 1.29 is 9.53 Å². The van der Waals surface area contributed by atoms with E-state index in [0.717, 1.165) is 50.8 Å². The Bertz CT molecular complexity index is 615. The summed E-state index contributed by atoms with van der Waals surface area (Å²) in [5.41, 5.74) is 5.27. The van der Waals surface area contributed by atoms with Gasteiger partial charge < -0.3 is 20.3 Å². The van der Waals surface area contributed by atoms with Gasteiger partial charge in [0, 0.05) is 32.4 Å². The average Bonchev–Trinajstić information content (AvgIpc) is 2.61. The van der Waals surface area contributed by atoms with Crippen molar-refractivity contribution in [3.8, 4) is 0 Å². The molecule has 0 unspecified atom stereocenters. The molecule has 2 aliphatic rings. The number of nitrogens with zero attached hydrogens (tertiary/aromatic N) is 4. The molecule has 1 amide bonds. The molecule has 2 saturated heterocycles. The largest absolute Gasteiger partial charge is 0.444 e. The van der Waals surface area contributed by atoms with Crippen LogP contribution in [0.1, 0.15) is 46.5 Å². The number of carbonyl (C=O) groups is 1. The van der Waals surface area contributed by atoms with Crippen LogP contribution in [-0.4, -0.2) is 52.7 Å². The number of carbonyl (C=O) groups excluding carboxylic acids is 1. The minimum atomic E-state index is -0.425. The fraction of sp³-hybridized carbons (Fsp3) is 0.737. The van der Waals surface area contributed by atoms with Crippen molar-refractivity contribution in [3.05, 3.63) is 12.3 Å². The minimum Gasteiger partial charge on any atom is -0.444 e. The van der Waals surface area contributed by atoms with Crippen LogP contribution in [0, 0.1) is 11.8 Å². The lowest BCUT2D eigenvalue weighted by Gasteiger charge is -2.40. The smallest absolute Gasteiger partial charge is 0.410 e. The molecule has 0 aliphatic carbocycles. The van der Waals surface area contributed by atoms with E-state index >= 15 is 0 Å². The van der Waals surface area contributed by atoms with Gasteiger partial charge in [-0.1, -0.05) is 0 Å². The van der Waals surface area contributed by atoms with Gasteiger partial charge in [0.2, 0.25) is 5.95 Å². The summed E-state index contributed by atoms with van der Waals surface area (Å²) in [7, 11) is 0. The van der Waals surface area contributed by atoms with Crippen molar-refractivity contribution in [1.29, 1.82) is 0 Å². The average molecular weight is 361 g/mol. The summed E-state index contributed by atoms with van der Waals surface area (Å²) in [5.74, 6) is 2.69. The number of amides is 1. The molecule has 144 valence electrons. The zero-order valence-corrected chi connectivity index (χ0v) is 16.1. The van der Waals surface area contributed by atoms with Crippen molar-refractivity contribution in [2.45, 2.75) is 52.1 Å². The first-order valence-corrected chi connectivity index (χ1v) is 9.63. The second-order valence-corrected chi connectivity index (χ2v) is 8.40. The molecule has 0 bridgehead atoms. The van der Waals surface area contributed by atoms with E-state index in [0.29, 0.717) is 11.9 Å². The third-order valence-corrected chi connectivity index (χ3v) is 5.38. The van der Waals surface area contributed by atoms with Gasteiger partial charge in [0.1, 0.15) is 11.4 Å². The van der Waals surface area contributed by atoms with Gasteiger partial charge in [0.05, 0.1) is 0 Å². The molecule has 0 atom stereocenters. The third-order valence-electron chi connectivity index (χ3n) is 5.38. The number of piperidine rings is 2. The topological polar surface area (TPSA) is 84.6 Å². The first-order valence-electron chi connectivity index (χ1n) is 9.63. The van der Waals surface area contributed by atoms with Gasteiger partial charge in [-0.05, 0) is 64.4 Å². The molecule has 2 aliphatic heterocycles. The molecule has 0 spiro atoms. The third kappa shape index (κ3) is 4.77. The van der Waals surface area contributed by atoms with E-state index in [1.54, 1.807) is 6.20 Å². The van der Waals surface area contributed by atoms with Gasteiger partial charge in [-0.3, -0.25) is 0 Å². The second-order valence-electron chi connectivity index (χ2n) is 8.40. The van der Waals surface area contributed by atoms with Gasteiger partial charge in [-0.25, -0.2) is 9.78 Å². The molecule has 7 heteroatoms. The van der Waals surface area contributed by atoms with E-state index in [9.17, 15) is 4.79 Å². The fourth-order valence-electron chi connectivity index (χ4n) is 4.02. The standard InChI is InChI=1S/C19H31N5O2/c1-19(2,3)26-18(25)24-12-7-15(8-13-24)14-5-10-23(11-6-14)16-4-9-21-17(20)22-16/h4,9,14-15H,5-8,10-13H2,1-3H3,(H2,20,21,22). The van der Waals surface area contributed by atoms with Crippen molar-refractivity contribution in [2.24, 2.45) is 11.8 Å². The van der Waals surface area contributed by atoms with E-state index < -0.39 is 5.60 Å². The van der Waals surface area contributed by atoms with Crippen molar-refractivity contribution in [1.82, 2.24) is 14.9 Å². The first-order chi connectivity index (χ1) is 12.3. The highest BCUT2D eigenvalue weighted by Crippen LogP contribution is 2.33. The van der Waals surface area contributed by atoms with Crippen LogP contribution >= 0.6 is 0 Å². The maximum atomic E-state index is 12.2. The number of nitrogens with two attached hydrogens (primary N) is 1. The van der Waals surface area contributed by atoms with Crippen molar-refractivity contribution >= 4 is 17.9 Å². The molecule has 0 radical (unpaired) electrons. The van der Waals surface area contributed by atoms with E-state index in [4.69, 9.17) is 10.5 Å². The molecule has 0 aromatic carbocycles. The van der Waals surface area contributed by atoms with Gasteiger partial charge in [0.25, 0.3) is 0 Å². The predicted octanol–water partition coefficient (Wildman–Crippen LogP) is 2.92. The molecular weight excluding hydrogens is 330 g/mol. The van der Waals surface area contributed by atoms with Crippen LogP contribution in [0.5, 0.6) is 0 Å². The van der Waals surface area contributed by atoms with Crippen LogP contribution < -0.4 is 10.6 Å². The number of hydrogen-bond donors (Lipinski definition) is 1. The highest BCUT2D eigenvalue weighted by molar-refractivity contribution is 5.68. The molecule has 3 rings (SSSR count). The Morgan fingerprint density at radius 1 is 1.12 bits per heavy atom. The normalized spacial score (nSPS) is 20.3. The zero-order valence-electron chi connectivity index (χ0n) is 16.1. The monoisotopic (exact) mass is 361 g/mol. The van der Waals surface area contributed by atoms with Crippen LogP contribution in [0.2, 0.25) is 0 Å². The Morgan fingerprint density at radius 2 is 1.69 bits per heavy atom. The zero-order chi connectivity index (χ0) is 18.7. The summed E-state index contributed by atoms with van der Waals surface area (Å²) < 4.78 is 5.49. The highest BCUT2D eigenvalue weighted by atomic mass is 16.6. The Morgan fingerprint density at radius 3 is 2.23 bits per heavy atom. The van der Waals surface area contributed by atoms with E-state index in [1.807, 2.05) is 31.7 Å². The maximum Gasteiger partial charge on any atom is 0.410 e. The SMILES string of the molecule is CC(C)(C)OC(=O)N1CCC(C2CCN(c3ccnc(N)n3)CC2)CC1.